The molecule has 0 aliphatic rings. The lowest BCUT2D eigenvalue weighted by molar-refractivity contribution is 0.600. The summed E-state index contributed by atoms with van der Waals surface area (Å²) in [5.74, 6) is 0.131. The number of aryl methyl sites for hydroxylation is 1. The van der Waals surface area contributed by atoms with Crippen molar-refractivity contribution in [2.24, 2.45) is 0 Å². The highest BCUT2D eigenvalue weighted by molar-refractivity contribution is 9.10. The van der Waals surface area contributed by atoms with E-state index in [1.165, 1.54) is 12.3 Å². The maximum Gasteiger partial charge on any atom is 0.263 e. The molecular weight excluding hydrogens is 356 g/mol. The molecule has 6 nitrogen and oxygen atoms in total. The first-order valence-corrected chi connectivity index (χ1v) is 8.05. The van der Waals surface area contributed by atoms with Gasteiger partial charge in [0.15, 0.2) is 5.82 Å². The number of halogens is 1. The quantitative estimate of drug-likeness (QED) is 0.866. The summed E-state index contributed by atoms with van der Waals surface area (Å²) in [4.78, 5) is 3.97. The van der Waals surface area contributed by atoms with E-state index in [1.54, 1.807) is 25.1 Å². The molecule has 0 unspecified atom stereocenters. The Morgan fingerprint density at radius 1 is 1.38 bits per heavy atom. The summed E-state index contributed by atoms with van der Waals surface area (Å²) in [5.41, 5.74) is 6.77. The van der Waals surface area contributed by atoms with Gasteiger partial charge in [-0.25, -0.2) is 13.4 Å². The summed E-state index contributed by atoms with van der Waals surface area (Å²) in [7, 11) is -3.85. The summed E-state index contributed by atoms with van der Waals surface area (Å²) < 4.78 is 27.6. The van der Waals surface area contributed by atoms with Crippen LogP contribution in [0, 0.1) is 18.3 Å². The van der Waals surface area contributed by atoms with E-state index in [4.69, 9.17) is 11.0 Å². The first-order chi connectivity index (χ1) is 9.83. The number of nitrogens with zero attached hydrogens (tertiary/aromatic N) is 2. The number of benzene rings is 1. The van der Waals surface area contributed by atoms with Crippen LogP contribution in [-0.2, 0) is 10.0 Å². The van der Waals surface area contributed by atoms with Crippen LogP contribution in [0.15, 0.2) is 39.8 Å². The molecule has 2 aromatic rings. The molecule has 0 fully saturated rings. The van der Waals surface area contributed by atoms with Crippen molar-refractivity contribution in [2.45, 2.75) is 11.8 Å². The summed E-state index contributed by atoms with van der Waals surface area (Å²) in [6, 6.07) is 7.93. The van der Waals surface area contributed by atoms with Gasteiger partial charge in [-0.2, -0.15) is 5.26 Å². The van der Waals surface area contributed by atoms with E-state index in [-0.39, 0.29) is 16.3 Å². The number of nitriles is 1. The minimum absolute atomic E-state index is 0.0343. The van der Waals surface area contributed by atoms with Gasteiger partial charge in [0.25, 0.3) is 10.0 Å². The van der Waals surface area contributed by atoms with E-state index in [9.17, 15) is 8.42 Å². The van der Waals surface area contributed by atoms with Gasteiger partial charge in [0.05, 0.1) is 32.9 Å². The Hall–Kier alpha value is -2.11. The third-order valence-electron chi connectivity index (χ3n) is 2.70. The largest absolute Gasteiger partial charge is 0.397 e. The molecule has 1 aromatic heterocycles. The monoisotopic (exact) mass is 366 g/mol. The molecule has 108 valence electrons. The second kappa shape index (κ2) is 5.71. The standard InChI is InChI=1S/C13H11BrN4O2S/c1-8-2-3-9(6-15)4-12(8)21(19,20)18-13-11(14)5-10(16)7-17-13/h2-5,7H,16H2,1H3,(H,17,18). The first-order valence-electron chi connectivity index (χ1n) is 5.78. The van der Waals surface area contributed by atoms with Crippen LogP contribution >= 0.6 is 15.9 Å². The zero-order chi connectivity index (χ0) is 15.6. The van der Waals surface area contributed by atoms with Crippen molar-refractivity contribution in [2.75, 3.05) is 10.5 Å². The van der Waals surface area contributed by atoms with Crippen molar-refractivity contribution in [1.29, 1.82) is 5.26 Å². The van der Waals surface area contributed by atoms with Gasteiger partial charge in [-0.3, -0.25) is 4.72 Å². The topological polar surface area (TPSA) is 109 Å². The third kappa shape index (κ3) is 3.32. The maximum absolute atomic E-state index is 12.4. The summed E-state index contributed by atoms with van der Waals surface area (Å²) >= 11 is 3.20. The average Bonchev–Trinajstić information content (AvgIpc) is 2.42. The van der Waals surface area contributed by atoms with Crippen molar-refractivity contribution in [3.05, 3.63) is 46.1 Å². The van der Waals surface area contributed by atoms with Crippen molar-refractivity contribution in [1.82, 2.24) is 4.98 Å². The number of sulfonamides is 1. The lowest BCUT2D eigenvalue weighted by atomic mass is 10.2. The summed E-state index contributed by atoms with van der Waals surface area (Å²) in [6.07, 6.45) is 1.35. The minimum Gasteiger partial charge on any atom is -0.397 e. The zero-order valence-corrected chi connectivity index (χ0v) is 13.4. The number of anilines is 2. The number of rotatable bonds is 3. The third-order valence-corrected chi connectivity index (χ3v) is 4.79. The molecule has 8 heteroatoms. The minimum atomic E-state index is -3.85. The highest BCUT2D eigenvalue weighted by Gasteiger charge is 2.19. The van der Waals surface area contributed by atoms with Crippen LogP contribution in [0.3, 0.4) is 0 Å². The Labute approximate surface area is 130 Å². The fourth-order valence-corrected chi connectivity index (χ4v) is 3.57. The number of nitrogens with one attached hydrogen (secondary N) is 1. The molecule has 0 radical (unpaired) electrons. The lowest BCUT2D eigenvalue weighted by Crippen LogP contribution is -2.16. The molecule has 0 bridgehead atoms. The van der Waals surface area contributed by atoms with Gasteiger partial charge in [0.2, 0.25) is 0 Å². The zero-order valence-electron chi connectivity index (χ0n) is 11.0. The lowest BCUT2D eigenvalue weighted by Gasteiger charge is -2.11. The van der Waals surface area contributed by atoms with E-state index in [0.717, 1.165) is 0 Å². The predicted molar refractivity (Wildman–Crippen MR) is 83.1 cm³/mol. The SMILES string of the molecule is Cc1ccc(C#N)cc1S(=O)(=O)Nc1ncc(N)cc1Br. The predicted octanol–water partition coefficient (Wildman–Crippen LogP) is 2.41. The number of hydrogen-bond donors (Lipinski definition) is 2. The van der Waals surface area contributed by atoms with Crippen molar-refractivity contribution >= 4 is 37.5 Å². The number of nitrogens with two attached hydrogens (primary N) is 1. The van der Waals surface area contributed by atoms with Crippen molar-refractivity contribution < 1.29 is 8.42 Å². The Bertz CT molecular complexity index is 844. The van der Waals surface area contributed by atoms with E-state index in [0.29, 0.717) is 15.7 Å². The van der Waals surface area contributed by atoms with Gasteiger partial charge in [-0.05, 0) is 46.6 Å². The molecule has 0 aliphatic heterocycles. The molecule has 3 N–H and O–H groups in total. The van der Waals surface area contributed by atoms with Gasteiger partial charge in [0, 0.05) is 0 Å². The first kappa shape index (κ1) is 15.3. The van der Waals surface area contributed by atoms with E-state index < -0.39 is 10.0 Å². The van der Waals surface area contributed by atoms with E-state index >= 15 is 0 Å². The average molecular weight is 367 g/mol. The fraction of sp³-hybridized carbons (Fsp3) is 0.0769. The highest BCUT2D eigenvalue weighted by atomic mass is 79.9. The molecule has 0 spiro atoms. The summed E-state index contributed by atoms with van der Waals surface area (Å²) in [5, 5.41) is 8.88. The summed E-state index contributed by atoms with van der Waals surface area (Å²) in [6.45, 7) is 1.65. The molecule has 21 heavy (non-hydrogen) atoms. The van der Waals surface area contributed by atoms with Crippen LogP contribution < -0.4 is 10.5 Å². The Balaban J connectivity index is 2.46. The molecule has 0 saturated heterocycles. The highest BCUT2D eigenvalue weighted by Crippen LogP contribution is 2.25. The molecule has 0 saturated carbocycles. The second-order valence-electron chi connectivity index (χ2n) is 4.30. The molecular formula is C13H11BrN4O2S. The van der Waals surface area contributed by atoms with Crippen LogP contribution in [0.25, 0.3) is 0 Å². The van der Waals surface area contributed by atoms with Gasteiger partial charge in [-0.15, -0.1) is 0 Å². The van der Waals surface area contributed by atoms with Crippen LogP contribution in [0.5, 0.6) is 0 Å². The van der Waals surface area contributed by atoms with Crippen LogP contribution in [-0.4, -0.2) is 13.4 Å². The van der Waals surface area contributed by atoms with Gasteiger partial charge >= 0.3 is 0 Å². The molecule has 0 aliphatic carbocycles. The van der Waals surface area contributed by atoms with Crippen LogP contribution in [0.1, 0.15) is 11.1 Å². The van der Waals surface area contributed by atoms with Gasteiger partial charge < -0.3 is 5.73 Å². The Morgan fingerprint density at radius 2 is 2.10 bits per heavy atom. The molecule has 0 amide bonds. The van der Waals surface area contributed by atoms with Crippen LogP contribution in [0.2, 0.25) is 0 Å². The van der Waals surface area contributed by atoms with Gasteiger partial charge in [-0.1, -0.05) is 6.07 Å². The number of pyridine rings is 1. The molecule has 1 aromatic carbocycles. The Morgan fingerprint density at radius 3 is 2.71 bits per heavy atom. The van der Waals surface area contributed by atoms with Crippen molar-refractivity contribution in [3.63, 3.8) is 0 Å². The fourth-order valence-electron chi connectivity index (χ4n) is 1.67. The number of nitrogen functional groups attached to an aromatic ring is 1. The number of aromatic nitrogens is 1. The van der Waals surface area contributed by atoms with Crippen molar-refractivity contribution in [3.8, 4) is 6.07 Å². The molecule has 2 rings (SSSR count). The normalized spacial score (nSPS) is 10.9. The maximum atomic E-state index is 12.4. The second-order valence-corrected chi connectivity index (χ2v) is 6.80. The molecule has 0 atom stereocenters. The van der Waals surface area contributed by atoms with E-state index in [2.05, 4.69) is 25.6 Å². The van der Waals surface area contributed by atoms with E-state index in [1.807, 2.05) is 6.07 Å². The molecule has 1 heterocycles. The number of hydrogen-bond acceptors (Lipinski definition) is 5. The Kier molecular flexibility index (Phi) is 4.16. The van der Waals surface area contributed by atoms with Crippen LogP contribution in [0.4, 0.5) is 11.5 Å². The van der Waals surface area contributed by atoms with Gasteiger partial charge in [0.1, 0.15) is 0 Å². The smallest absolute Gasteiger partial charge is 0.263 e.